The smallest absolute Gasteiger partial charge is 0.548 e. The van der Waals surface area contributed by atoms with Crippen molar-refractivity contribution in [3.8, 4) is 11.3 Å². The van der Waals surface area contributed by atoms with Crippen molar-refractivity contribution in [1.29, 1.82) is 0 Å². The Labute approximate surface area is 130 Å². The average Bonchev–Trinajstić information content (AvgIpc) is 2.69. The van der Waals surface area contributed by atoms with Crippen molar-refractivity contribution < 1.29 is 41.9 Å². The van der Waals surface area contributed by atoms with Gasteiger partial charge in [0, 0.05) is 17.5 Å². The topological polar surface area (TPSA) is 70.8 Å². The first-order valence-corrected chi connectivity index (χ1v) is 5.54. The number of carboxylic acids is 1. The molecule has 0 aromatic carbocycles. The number of nitrogens with zero attached hydrogens (tertiary/aromatic N) is 3. The number of pyridine rings is 1. The molecule has 0 saturated heterocycles. The quantitative estimate of drug-likeness (QED) is 0.615. The van der Waals surface area contributed by atoms with Gasteiger partial charge in [0.1, 0.15) is 5.69 Å². The van der Waals surface area contributed by atoms with Gasteiger partial charge in [0.25, 0.3) is 0 Å². The number of rotatable bonds is 3. The normalized spacial score (nSPS) is 11.0. The molecule has 21 heavy (non-hydrogen) atoms. The van der Waals surface area contributed by atoms with Crippen LogP contribution in [-0.2, 0) is 17.5 Å². The zero-order chi connectivity index (χ0) is 14.9. The van der Waals surface area contributed by atoms with Gasteiger partial charge in [-0.3, -0.25) is 4.98 Å². The largest absolute Gasteiger partial charge is 1.00 e. The zero-order valence-electron chi connectivity index (χ0n) is 11.3. The molecule has 106 valence electrons. The summed E-state index contributed by atoms with van der Waals surface area (Å²) >= 11 is 0. The van der Waals surface area contributed by atoms with Gasteiger partial charge in [-0.25, -0.2) is 4.98 Å². The van der Waals surface area contributed by atoms with Crippen LogP contribution in [0.1, 0.15) is 11.4 Å². The molecule has 0 unspecified atom stereocenters. The van der Waals surface area contributed by atoms with Crippen LogP contribution in [0.5, 0.6) is 0 Å². The van der Waals surface area contributed by atoms with Crippen LogP contribution in [0.3, 0.4) is 0 Å². The Kier molecular flexibility index (Phi) is 5.20. The van der Waals surface area contributed by atoms with Crippen LogP contribution < -0.4 is 24.0 Å². The molecule has 2 heterocycles. The Balaban J connectivity index is 0.00000220. The maximum Gasteiger partial charge on any atom is 1.00 e. The number of imidazole rings is 1. The van der Waals surface area contributed by atoms with E-state index in [-0.39, 0.29) is 30.1 Å². The summed E-state index contributed by atoms with van der Waals surface area (Å²) < 4.78 is 39.1. The molecule has 9 heteroatoms. The minimum absolute atomic E-state index is 0. The average molecular weight is 291 g/mol. The van der Waals surface area contributed by atoms with Crippen molar-refractivity contribution in [2.24, 2.45) is 0 Å². The van der Waals surface area contributed by atoms with Crippen molar-refractivity contribution >= 4 is 5.97 Å². The fourth-order valence-corrected chi connectivity index (χ4v) is 1.76. The van der Waals surface area contributed by atoms with E-state index >= 15 is 0 Å². The summed E-state index contributed by atoms with van der Waals surface area (Å²) in [6.45, 7) is 1.16. The first-order chi connectivity index (χ1) is 9.29. The molecule has 2 aromatic rings. The second-order valence-corrected chi connectivity index (χ2v) is 4.11. The third-order valence-electron chi connectivity index (χ3n) is 2.72. The predicted molar refractivity (Wildman–Crippen MR) is 60.2 cm³/mol. The minimum atomic E-state index is -4.54. The van der Waals surface area contributed by atoms with Crippen LogP contribution in [0, 0.1) is 6.92 Å². The van der Waals surface area contributed by atoms with Crippen molar-refractivity contribution in [3.05, 3.63) is 36.0 Å². The molecule has 0 atom stereocenters. The van der Waals surface area contributed by atoms with Crippen LogP contribution in [0.4, 0.5) is 13.2 Å². The molecule has 0 radical (unpaired) electrons. The number of hydrogen-bond donors (Lipinski definition) is 0. The van der Waals surface area contributed by atoms with E-state index in [9.17, 15) is 23.1 Å². The summed E-state index contributed by atoms with van der Waals surface area (Å²) in [5.41, 5.74) is -0.0848. The Morgan fingerprint density at radius 1 is 1.38 bits per heavy atom. The molecule has 0 saturated carbocycles. The van der Waals surface area contributed by atoms with E-state index in [2.05, 4.69) is 9.97 Å². The SMILES string of the molecule is Cc1c(-c2ccnc(C(F)(F)F)c2)ncn1CC(=O)[O-].[Li+]. The van der Waals surface area contributed by atoms with E-state index in [0.717, 1.165) is 12.3 Å². The maximum absolute atomic E-state index is 12.6. The van der Waals surface area contributed by atoms with E-state index in [1.807, 2.05) is 0 Å². The van der Waals surface area contributed by atoms with Crippen molar-refractivity contribution in [3.63, 3.8) is 0 Å². The summed E-state index contributed by atoms with van der Waals surface area (Å²) in [6, 6.07) is 2.26. The molecule has 0 aliphatic carbocycles. The van der Waals surface area contributed by atoms with Gasteiger partial charge in [-0.2, -0.15) is 13.2 Å². The van der Waals surface area contributed by atoms with Gasteiger partial charge >= 0.3 is 25.0 Å². The fraction of sp³-hybridized carbons (Fsp3) is 0.250. The van der Waals surface area contributed by atoms with Crippen LogP contribution in [0.2, 0.25) is 0 Å². The number of carboxylic acid groups (broad SMARTS) is 1. The molecule has 2 aromatic heterocycles. The zero-order valence-corrected chi connectivity index (χ0v) is 11.3. The van der Waals surface area contributed by atoms with Gasteiger partial charge in [-0.1, -0.05) is 0 Å². The molecular weight excluding hydrogens is 282 g/mol. The van der Waals surface area contributed by atoms with E-state index in [4.69, 9.17) is 0 Å². The third-order valence-corrected chi connectivity index (χ3v) is 2.72. The molecule has 0 fully saturated rings. The number of halogens is 3. The number of aromatic nitrogens is 3. The Bertz CT molecular complexity index is 655. The summed E-state index contributed by atoms with van der Waals surface area (Å²) in [7, 11) is 0. The summed E-state index contributed by atoms with van der Waals surface area (Å²) in [4.78, 5) is 17.7. The third kappa shape index (κ3) is 3.86. The van der Waals surface area contributed by atoms with E-state index in [0.29, 0.717) is 5.69 Å². The van der Waals surface area contributed by atoms with Crippen molar-refractivity contribution in [1.82, 2.24) is 14.5 Å². The molecule has 0 bridgehead atoms. The molecule has 0 N–H and O–H groups in total. The molecule has 0 spiro atoms. The first kappa shape index (κ1) is 17.3. The van der Waals surface area contributed by atoms with Gasteiger partial charge in [0.05, 0.1) is 24.5 Å². The summed E-state index contributed by atoms with van der Waals surface area (Å²) in [5.74, 6) is -1.30. The molecule has 2 rings (SSSR count). The predicted octanol–water partition coefficient (Wildman–Crippen LogP) is -1.97. The van der Waals surface area contributed by atoms with Gasteiger partial charge in [-0.15, -0.1) is 0 Å². The summed E-state index contributed by atoms with van der Waals surface area (Å²) in [6.07, 6.45) is -2.26. The molecule has 0 aliphatic heterocycles. The fourth-order valence-electron chi connectivity index (χ4n) is 1.76. The first-order valence-electron chi connectivity index (χ1n) is 5.54. The van der Waals surface area contributed by atoms with E-state index in [1.165, 1.54) is 17.0 Å². The van der Waals surface area contributed by atoms with Gasteiger partial charge in [-0.05, 0) is 19.1 Å². The number of hydrogen-bond acceptors (Lipinski definition) is 4. The maximum atomic E-state index is 12.6. The molecule has 5 nitrogen and oxygen atoms in total. The number of carbonyl (C=O) groups excluding carboxylic acids is 1. The molecule has 0 aliphatic rings. The van der Waals surface area contributed by atoms with Crippen LogP contribution in [0.25, 0.3) is 11.3 Å². The minimum Gasteiger partial charge on any atom is -0.548 e. The Hall–Kier alpha value is -1.78. The summed E-state index contributed by atoms with van der Waals surface area (Å²) in [5, 5.41) is 10.5. The van der Waals surface area contributed by atoms with Gasteiger partial charge in [0.2, 0.25) is 0 Å². The van der Waals surface area contributed by atoms with Crippen LogP contribution in [0.15, 0.2) is 24.7 Å². The Morgan fingerprint density at radius 2 is 2.05 bits per heavy atom. The van der Waals surface area contributed by atoms with E-state index in [1.54, 1.807) is 6.92 Å². The molecular formula is C12H9F3LiN3O2. The standard InChI is InChI=1S/C12H10F3N3O2.Li/c1-7-11(17-6-18(7)5-10(19)20)8-2-3-16-9(4-8)12(13,14)15;/h2-4,6H,5H2,1H3,(H,19,20);/q;+1/p-1. The van der Waals surface area contributed by atoms with Crippen LogP contribution >= 0.6 is 0 Å². The number of carbonyl (C=O) groups is 1. The second kappa shape index (κ2) is 6.33. The van der Waals surface area contributed by atoms with Gasteiger partial charge < -0.3 is 14.5 Å². The van der Waals surface area contributed by atoms with Gasteiger partial charge in [0.15, 0.2) is 0 Å². The Morgan fingerprint density at radius 3 is 2.62 bits per heavy atom. The van der Waals surface area contributed by atoms with Crippen molar-refractivity contribution in [2.45, 2.75) is 19.6 Å². The van der Waals surface area contributed by atoms with Crippen LogP contribution in [-0.4, -0.2) is 20.5 Å². The monoisotopic (exact) mass is 291 g/mol. The number of alkyl halides is 3. The second-order valence-electron chi connectivity index (χ2n) is 4.11. The molecule has 0 amide bonds. The van der Waals surface area contributed by atoms with E-state index < -0.39 is 24.4 Å². The number of aliphatic carboxylic acids is 1. The van der Waals surface area contributed by atoms with Crippen molar-refractivity contribution in [2.75, 3.05) is 0 Å².